The van der Waals surface area contributed by atoms with Gasteiger partial charge < -0.3 is 10.5 Å². The van der Waals surface area contributed by atoms with Crippen molar-refractivity contribution in [3.63, 3.8) is 0 Å². The minimum atomic E-state index is 0.0907. The van der Waals surface area contributed by atoms with Gasteiger partial charge in [-0.2, -0.15) is 0 Å². The summed E-state index contributed by atoms with van der Waals surface area (Å²) in [5, 5.41) is 0. The van der Waals surface area contributed by atoms with Crippen molar-refractivity contribution in [2.24, 2.45) is 5.73 Å². The van der Waals surface area contributed by atoms with Gasteiger partial charge in [-0.1, -0.05) is 31.9 Å². The fourth-order valence-corrected chi connectivity index (χ4v) is 3.52. The van der Waals surface area contributed by atoms with Crippen molar-refractivity contribution in [2.45, 2.75) is 37.8 Å². The van der Waals surface area contributed by atoms with Gasteiger partial charge in [0.1, 0.15) is 0 Å². The van der Waals surface area contributed by atoms with E-state index in [2.05, 4.69) is 44.0 Å². The highest BCUT2D eigenvalue weighted by molar-refractivity contribution is 9.11. The Morgan fingerprint density at radius 2 is 2.00 bits per heavy atom. The third kappa shape index (κ3) is 4.05. The quantitative estimate of drug-likeness (QED) is 0.872. The number of hydrogen-bond acceptors (Lipinski definition) is 2. The van der Waals surface area contributed by atoms with Gasteiger partial charge in [-0.05, 0) is 49.4 Å². The van der Waals surface area contributed by atoms with Crippen LogP contribution in [0.15, 0.2) is 27.1 Å². The molecule has 2 nitrogen and oxygen atoms in total. The SMILES string of the molecule is NC(CCC1CCCO1)c1cc(Br)cc(Br)c1. The number of nitrogens with two attached hydrogens (primary N) is 1. The fraction of sp³-hybridized carbons (Fsp3) is 0.538. The molecule has 0 radical (unpaired) electrons. The van der Waals surface area contributed by atoms with Crippen molar-refractivity contribution < 1.29 is 4.74 Å². The predicted molar refractivity (Wildman–Crippen MR) is 77.0 cm³/mol. The summed E-state index contributed by atoms with van der Waals surface area (Å²) in [4.78, 5) is 0. The van der Waals surface area contributed by atoms with Crippen LogP contribution in [0, 0.1) is 0 Å². The lowest BCUT2D eigenvalue weighted by Crippen LogP contribution is -2.14. The summed E-state index contributed by atoms with van der Waals surface area (Å²) in [6, 6.07) is 6.29. The highest BCUT2D eigenvalue weighted by atomic mass is 79.9. The maximum atomic E-state index is 6.21. The summed E-state index contributed by atoms with van der Waals surface area (Å²) in [6.07, 6.45) is 4.85. The summed E-state index contributed by atoms with van der Waals surface area (Å²) < 4.78 is 7.74. The molecule has 0 spiro atoms. The highest BCUT2D eigenvalue weighted by Crippen LogP contribution is 2.27. The molecule has 0 aliphatic carbocycles. The van der Waals surface area contributed by atoms with Gasteiger partial charge in [-0.25, -0.2) is 0 Å². The molecule has 1 aliphatic rings. The predicted octanol–water partition coefficient (Wildman–Crippen LogP) is 4.17. The molecule has 2 atom stereocenters. The Bertz CT molecular complexity index is 357. The molecule has 94 valence electrons. The van der Waals surface area contributed by atoms with E-state index in [9.17, 15) is 0 Å². The molecule has 2 rings (SSSR count). The van der Waals surface area contributed by atoms with E-state index in [1.54, 1.807) is 0 Å². The lowest BCUT2D eigenvalue weighted by atomic mass is 10.0. The Hall–Kier alpha value is 0.1000. The molecule has 2 N–H and O–H groups in total. The van der Waals surface area contributed by atoms with Crippen molar-refractivity contribution in [1.29, 1.82) is 0 Å². The van der Waals surface area contributed by atoms with Gasteiger partial charge in [0, 0.05) is 21.6 Å². The third-order valence-electron chi connectivity index (χ3n) is 3.14. The van der Waals surface area contributed by atoms with E-state index in [1.165, 1.54) is 18.4 Å². The van der Waals surface area contributed by atoms with Crippen LogP contribution >= 0.6 is 31.9 Å². The summed E-state index contributed by atoms with van der Waals surface area (Å²) in [7, 11) is 0. The van der Waals surface area contributed by atoms with Crippen LogP contribution in [-0.4, -0.2) is 12.7 Å². The highest BCUT2D eigenvalue weighted by Gasteiger charge is 2.17. The Morgan fingerprint density at radius 1 is 1.29 bits per heavy atom. The van der Waals surface area contributed by atoms with Gasteiger partial charge in [0.15, 0.2) is 0 Å². The first-order valence-electron chi connectivity index (χ1n) is 5.98. The van der Waals surface area contributed by atoms with Crippen LogP contribution in [0.25, 0.3) is 0 Å². The van der Waals surface area contributed by atoms with Crippen molar-refractivity contribution in [1.82, 2.24) is 0 Å². The van der Waals surface area contributed by atoms with Crippen molar-refractivity contribution in [2.75, 3.05) is 6.61 Å². The first-order valence-corrected chi connectivity index (χ1v) is 7.57. The van der Waals surface area contributed by atoms with Crippen molar-refractivity contribution >= 4 is 31.9 Å². The third-order valence-corrected chi connectivity index (χ3v) is 4.05. The monoisotopic (exact) mass is 361 g/mol. The standard InChI is InChI=1S/C13H17Br2NO/c14-10-6-9(7-11(15)8-10)13(16)4-3-12-2-1-5-17-12/h6-8,12-13H,1-5,16H2. The molecule has 0 saturated carbocycles. The smallest absolute Gasteiger partial charge is 0.0576 e. The van der Waals surface area contributed by atoms with E-state index in [0.29, 0.717) is 6.10 Å². The van der Waals surface area contributed by atoms with Gasteiger partial charge >= 0.3 is 0 Å². The zero-order valence-corrected chi connectivity index (χ0v) is 12.8. The molecule has 1 aromatic carbocycles. The van der Waals surface area contributed by atoms with Crippen LogP contribution in [0.3, 0.4) is 0 Å². The lowest BCUT2D eigenvalue weighted by Gasteiger charge is -2.15. The van der Waals surface area contributed by atoms with E-state index in [1.807, 2.05) is 6.07 Å². The van der Waals surface area contributed by atoms with Gasteiger partial charge in [0.25, 0.3) is 0 Å². The number of ether oxygens (including phenoxy) is 1. The van der Waals surface area contributed by atoms with E-state index >= 15 is 0 Å². The van der Waals surface area contributed by atoms with Crippen LogP contribution in [0.4, 0.5) is 0 Å². The number of halogens is 2. The molecule has 1 fully saturated rings. The van der Waals surface area contributed by atoms with E-state index in [4.69, 9.17) is 10.5 Å². The largest absolute Gasteiger partial charge is 0.378 e. The van der Waals surface area contributed by atoms with E-state index in [0.717, 1.165) is 28.4 Å². The van der Waals surface area contributed by atoms with E-state index < -0.39 is 0 Å². The lowest BCUT2D eigenvalue weighted by molar-refractivity contribution is 0.101. The molecule has 0 amide bonds. The van der Waals surface area contributed by atoms with Gasteiger partial charge in [0.2, 0.25) is 0 Å². The first-order chi connectivity index (χ1) is 8.15. The molecule has 1 aliphatic heterocycles. The Morgan fingerprint density at radius 3 is 2.59 bits per heavy atom. The molecule has 1 heterocycles. The molecule has 0 aromatic heterocycles. The van der Waals surface area contributed by atoms with Crippen LogP contribution < -0.4 is 5.73 Å². The Labute approximate surface area is 119 Å². The van der Waals surface area contributed by atoms with Crippen LogP contribution in [0.2, 0.25) is 0 Å². The summed E-state index contributed by atoms with van der Waals surface area (Å²) in [6.45, 7) is 0.919. The number of benzene rings is 1. The summed E-state index contributed by atoms with van der Waals surface area (Å²) in [5.41, 5.74) is 7.38. The van der Waals surface area contributed by atoms with Crippen molar-refractivity contribution in [3.8, 4) is 0 Å². The zero-order chi connectivity index (χ0) is 12.3. The van der Waals surface area contributed by atoms with Gasteiger partial charge in [0.05, 0.1) is 6.10 Å². The van der Waals surface area contributed by atoms with Crippen LogP contribution in [0.1, 0.15) is 37.3 Å². The van der Waals surface area contributed by atoms with Crippen LogP contribution in [-0.2, 0) is 4.74 Å². The number of hydrogen-bond donors (Lipinski definition) is 1. The normalized spacial score (nSPS) is 21.7. The maximum absolute atomic E-state index is 6.21. The molecule has 17 heavy (non-hydrogen) atoms. The van der Waals surface area contributed by atoms with Crippen molar-refractivity contribution in [3.05, 3.63) is 32.7 Å². The second-order valence-corrected chi connectivity index (χ2v) is 6.35. The topological polar surface area (TPSA) is 35.2 Å². The molecular formula is C13H17Br2NO. The second kappa shape index (κ2) is 6.32. The molecule has 1 saturated heterocycles. The Kier molecular flexibility index (Phi) is 5.03. The van der Waals surface area contributed by atoms with Gasteiger partial charge in [-0.3, -0.25) is 0 Å². The zero-order valence-electron chi connectivity index (χ0n) is 9.66. The molecular weight excluding hydrogens is 346 g/mol. The summed E-state index contributed by atoms with van der Waals surface area (Å²) in [5.74, 6) is 0. The molecule has 1 aromatic rings. The van der Waals surface area contributed by atoms with Gasteiger partial charge in [-0.15, -0.1) is 0 Å². The maximum Gasteiger partial charge on any atom is 0.0576 e. The molecule has 4 heteroatoms. The minimum absolute atomic E-state index is 0.0907. The van der Waals surface area contributed by atoms with E-state index in [-0.39, 0.29) is 6.04 Å². The summed E-state index contributed by atoms with van der Waals surface area (Å²) >= 11 is 6.98. The second-order valence-electron chi connectivity index (χ2n) is 4.52. The molecule has 2 unspecified atom stereocenters. The fourth-order valence-electron chi connectivity index (χ4n) is 2.19. The average Bonchev–Trinajstić information content (AvgIpc) is 2.77. The Balaban J connectivity index is 1.91. The average molecular weight is 363 g/mol. The number of rotatable bonds is 4. The molecule has 0 bridgehead atoms. The minimum Gasteiger partial charge on any atom is -0.378 e. The van der Waals surface area contributed by atoms with Crippen LogP contribution in [0.5, 0.6) is 0 Å². The first kappa shape index (κ1) is 13.5.